The predicted octanol–water partition coefficient (Wildman–Crippen LogP) is 6.10. The van der Waals surface area contributed by atoms with Gasteiger partial charge >= 0.3 is 207 Å². The second-order valence-corrected chi connectivity index (χ2v) is 21.6. The van der Waals surface area contributed by atoms with E-state index in [0.717, 1.165) is 19.3 Å². The Hall–Kier alpha value is -1.23. The molecule has 0 aromatic heterocycles. The normalized spacial score (nSPS) is 24.7. The van der Waals surface area contributed by atoms with Crippen molar-refractivity contribution >= 4 is 44.5 Å². The van der Waals surface area contributed by atoms with Gasteiger partial charge in [0.1, 0.15) is 0 Å². The van der Waals surface area contributed by atoms with Crippen molar-refractivity contribution in [3.63, 3.8) is 0 Å². The SMILES string of the molecule is CC1(C)C2CCC1(CS(=O)(=O)OI(c1ccccc1)c1ccc(O[Si](C)(C)C)cc1)C(=O)C2. The molecule has 4 rings (SSSR count). The molecular formula is C25H33IO5SSi. The molecule has 2 unspecified atom stereocenters. The van der Waals surface area contributed by atoms with Crippen molar-refractivity contribution in [2.45, 2.75) is 52.8 Å². The van der Waals surface area contributed by atoms with Crippen LogP contribution in [0.1, 0.15) is 33.1 Å². The summed E-state index contributed by atoms with van der Waals surface area (Å²) in [6, 6.07) is 17.2. The summed E-state index contributed by atoms with van der Waals surface area (Å²) >= 11 is -2.77. The number of Topliss-reactive ketones (excluding diaryl/α,β-unsaturated/α-hetero) is 1. The van der Waals surface area contributed by atoms with Gasteiger partial charge in [-0.25, -0.2) is 0 Å². The Bertz CT molecular complexity index is 1130. The van der Waals surface area contributed by atoms with E-state index in [1.165, 1.54) is 0 Å². The van der Waals surface area contributed by atoms with Crippen molar-refractivity contribution in [1.29, 1.82) is 0 Å². The van der Waals surface area contributed by atoms with Crippen LogP contribution in [0.3, 0.4) is 0 Å². The van der Waals surface area contributed by atoms with Gasteiger partial charge < -0.3 is 0 Å². The minimum atomic E-state index is -3.92. The molecular weight excluding hydrogens is 567 g/mol. The number of rotatable bonds is 8. The molecule has 2 saturated carbocycles. The second kappa shape index (κ2) is 8.77. The molecule has 2 aliphatic rings. The Morgan fingerprint density at radius 1 is 1.00 bits per heavy atom. The number of hydrogen-bond acceptors (Lipinski definition) is 5. The summed E-state index contributed by atoms with van der Waals surface area (Å²) in [4.78, 5) is 12.9. The molecule has 0 aliphatic heterocycles. The fourth-order valence-electron chi connectivity index (χ4n) is 5.23. The Morgan fingerprint density at radius 2 is 1.61 bits per heavy atom. The molecule has 2 aliphatic carbocycles. The first-order valence-corrected chi connectivity index (χ1v) is 19.4. The van der Waals surface area contributed by atoms with Crippen molar-refractivity contribution in [3.05, 3.63) is 61.7 Å². The van der Waals surface area contributed by atoms with Crippen molar-refractivity contribution in [2.75, 3.05) is 5.75 Å². The molecule has 33 heavy (non-hydrogen) atoms. The van der Waals surface area contributed by atoms with E-state index in [1.807, 2.05) is 54.6 Å². The van der Waals surface area contributed by atoms with E-state index in [9.17, 15) is 13.2 Å². The van der Waals surface area contributed by atoms with Crippen LogP contribution < -0.4 is 4.43 Å². The summed E-state index contributed by atoms with van der Waals surface area (Å²) in [6.07, 6.45) is 2.03. The van der Waals surface area contributed by atoms with Crippen LogP contribution in [0, 0.1) is 23.9 Å². The molecule has 180 valence electrons. The van der Waals surface area contributed by atoms with E-state index in [2.05, 4.69) is 33.5 Å². The first-order chi connectivity index (χ1) is 15.3. The Balaban J connectivity index is 1.63. The molecule has 0 spiro atoms. The fraction of sp³-hybridized carbons (Fsp3) is 0.480. The van der Waals surface area contributed by atoms with E-state index >= 15 is 0 Å². The number of hydrogen-bond donors (Lipinski definition) is 0. The molecule has 2 atom stereocenters. The zero-order chi connectivity index (χ0) is 24.1. The van der Waals surface area contributed by atoms with Crippen LogP contribution in [0.5, 0.6) is 5.75 Å². The van der Waals surface area contributed by atoms with Crippen LogP contribution in [0.4, 0.5) is 0 Å². The average molecular weight is 601 g/mol. The molecule has 0 amide bonds. The maximum atomic E-state index is 13.5. The van der Waals surface area contributed by atoms with Gasteiger partial charge in [0, 0.05) is 0 Å². The van der Waals surface area contributed by atoms with Gasteiger partial charge in [0.2, 0.25) is 0 Å². The van der Waals surface area contributed by atoms with Gasteiger partial charge in [0.15, 0.2) is 0 Å². The third-order valence-corrected chi connectivity index (χ3v) is 15.5. The summed E-state index contributed by atoms with van der Waals surface area (Å²) in [7, 11) is -5.66. The van der Waals surface area contributed by atoms with Crippen molar-refractivity contribution in [2.24, 2.45) is 16.7 Å². The van der Waals surface area contributed by atoms with Gasteiger partial charge in [-0.15, -0.1) is 0 Å². The molecule has 2 aromatic carbocycles. The van der Waals surface area contributed by atoms with Gasteiger partial charge in [-0.2, -0.15) is 0 Å². The van der Waals surface area contributed by atoms with Crippen molar-refractivity contribution in [1.82, 2.24) is 0 Å². The minimum absolute atomic E-state index is 0.0869. The molecule has 0 radical (unpaired) electrons. The molecule has 2 fully saturated rings. The zero-order valence-corrected chi connectivity index (χ0v) is 23.9. The number of halogens is 1. The maximum absolute atomic E-state index is 13.5. The van der Waals surface area contributed by atoms with Crippen molar-refractivity contribution < 1.29 is 20.2 Å². The monoisotopic (exact) mass is 600 g/mol. The first kappa shape index (κ1) is 24.9. The molecule has 2 bridgehead atoms. The van der Waals surface area contributed by atoms with Gasteiger partial charge in [-0.05, 0) is 0 Å². The summed E-state index contributed by atoms with van der Waals surface area (Å²) in [5, 5.41) is 0. The number of carbonyl (C=O) groups excluding carboxylic acids is 1. The standard InChI is InChI=1S/C25H33IO5SSi/c1-24(2)19-15-16-25(24,23(27)17-19)18-32(28,29)31-26(20-9-7-6-8-10-20)21-11-13-22(14-12-21)30-33(3,4)5/h6-14,19H,15-18H2,1-5H3. The summed E-state index contributed by atoms with van der Waals surface area (Å²) in [6.45, 7) is 10.5. The van der Waals surface area contributed by atoms with Crippen molar-refractivity contribution in [3.8, 4) is 5.75 Å². The Kier molecular flexibility index (Phi) is 6.61. The van der Waals surface area contributed by atoms with E-state index in [-0.39, 0.29) is 22.9 Å². The second-order valence-electron chi connectivity index (χ2n) is 10.6. The summed E-state index contributed by atoms with van der Waals surface area (Å²) < 4.78 is 40.8. The number of carbonyl (C=O) groups is 1. The summed E-state index contributed by atoms with van der Waals surface area (Å²) in [5.74, 6) is 0.922. The first-order valence-electron chi connectivity index (χ1n) is 11.3. The quantitative estimate of drug-likeness (QED) is 0.271. The van der Waals surface area contributed by atoms with Gasteiger partial charge in [-0.1, -0.05) is 0 Å². The average Bonchev–Trinajstić information content (AvgIpc) is 3.06. The van der Waals surface area contributed by atoms with E-state index in [1.54, 1.807) is 0 Å². The Labute approximate surface area is 206 Å². The van der Waals surface area contributed by atoms with Gasteiger partial charge in [0.05, 0.1) is 0 Å². The number of benzene rings is 2. The Morgan fingerprint density at radius 3 is 2.12 bits per heavy atom. The topological polar surface area (TPSA) is 69.7 Å². The number of ketones is 1. The van der Waals surface area contributed by atoms with Gasteiger partial charge in [0.25, 0.3) is 0 Å². The van der Waals surface area contributed by atoms with Crippen LogP contribution in [0.2, 0.25) is 19.6 Å². The van der Waals surface area contributed by atoms with E-state index in [0.29, 0.717) is 12.8 Å². The fourth-order valence-corrected chi connectivity index (χ4v) is 13.8. The van der Waals surface area contributed by atoms with Crippen LogP contribution >= 0.6 is 20.2 Å². The number of fused-ring (bicyclic) bond motifs is 2. The van der Waals surface area contributed by atoms with E-state index in [4.69, 9.17) is 6.94 Å². The molecule has 0 saturated heterocycles. The van der Waals surface area contributed by atoms with E-state index < -0.39 is 44.1 Å². The van der Waals surface area contributed by atoms with Crippen LogP contribution in [-0.2, 0) is 17.4 Å². The molecule has 8 heteroatoms. The molecule has 0 N–H and O–H groups in total. The third kappa shape index (κ3) is 4.94. The van der Waals surface area contributed by atoms with Crippen LogP contribution in [0.25, 0.3) is 0 Å². The van der Waals surface area contributed by atoms with Crippen LogP contribution in [-0.4, -0.2) is 28.3 Å². The third-order valence-electron chi connectivity index (χ3n) is 7.09. The van der Waals surface area contributed by atoms with Gasteiger partial charge in [-0.3, -0.25) is 0 Å². The molecule has 0 heterocycles. The predicted molar refractivity (Wildman–Crippen MR) is 142 cm³/mol. The zero-order valence-electron chi connectivity index (χ0n) is 19.9. The summed E-state index contributed by atoms with van der Waals surface area (Å²) in [5.41, 5.74) is -1.15. The van der Waals surface area contributed by atoms with Crippen LogP contribution in [0.15, 0.2) is 54.6 Å². The molecule has 2 aromatic rings. The molecule has 5 nitrogen and oxygen atoms in total.